The van der Waals surface area contributed by atoms with E-state index < -0.39 is 131 Å². The molecule has 10 rings (SSSR count). The van der Waals surface area contributed by atoms with E-state index in [4.69, 9.17) is 4.74 Å². The zero-order valence-corrected chi connectivity index (χ0v) is 63.3. The second kappa shape index (κ2) is 39.3. The maximum absolute atomic E-state index is 14.4. The van der Waals surface area contributed by atoms with Gasteiger partial charge >= 0.3 is 18.0 Å². The molecule has 1 unspecified atom stereocenters. The number of allylic oxidation sites excluding steroid dienone is 3. The van der Waals surface area contributed by atoms with E-state index in [1.54, 1.807) is 48.5 Å². The number of hydrogen-bond acceptors (Lipinski definition) is 20. The van der Waals surface area contributed by atoms with E-state index >= 15 is 0 Å². The predicted octanol–water partition coefficient (Wildman–Crippen LogP) is 5.18. The van der Waals surface area contributed by atoms with Crippen LogP contribution in [0.4, 0.5) is 27.5 Å². The highest BCUT2D eigenvalue weighted by Crippen LogP contribution is 2.46. The molecule has 2 aliphatic carbocycles. The number of aliphatic carboxylic acids is 2. The third-order valence-electron chi connectivity index (χ3n) is 19.5. The van der Waals surface area contributed by atoms with E-state index in [0.29, 0.717) is 40.0 Å². The van der Waals surface area contributed by atoms with Crippen molar-refractivity contribution in [1.29, 1.82) is 0 Å². The first-order chi connectivity index (χ1) is 54.7. The number of unbranched alkanes of at least 4 members (excludes halogenated alkanes) is 1. The number of nitrogens with one attached hydrogen (secondary N) is 10. The van der Waals surface area contributed by atoms with E-state index in [1.807, 2.05) is 73.6 Å². The number of nitrogens with zero attached hydrogens (tertiary/aromatic N) is 5. The number of ether oxygens (including phenoxy) is 1. The fourth-order valence-electron chi connectivity index (χ4n) is 13.6. The van der Waals surface area contributed by atoms with Gasteiger partial charge in [0.15, 0.2) is 0 Å². The number of anilines is 2. The molecule has 4 aliphatic rings. The maximum Gasteiger partial charge on any atom is 0.407 e. The molecule has 34 nitrogen and oxygen atoms in total. The quantitative estimate of drug-likeness (QED) is 0.0137. The van der Waals surface area contributed by atoms with Crippen LogP contribution in [-0.2, 0) is 69.3 Å². The van der Waals surface area contributed by atoms with Gasteiger partial charge in [-0.1, -0.05) is 72.8 Å². The summed E-state index contributed by atoms with van der Waals surface area (Å²) in [7, 11) is -0.665. The molecular formula is C79H89N15O19S. The molecule has 6 aromatic carbocycles. The van der Waals surface area contributed by atoms with E-state index in [9.17, 15) is 85.5 Å². The Morgan fingerprint density at radius 2 is 1.32 bits per heavy atom. The third-order valence-corrected chi connectivity index (χ3v) is 20.4. The second-order valence-corrected chi connectivity index (χ2v) is 29.0. The van der Waals surface area contributed by atoms with E-state index in [1.165, 1.54) is 42.0 Å². The summed E-state index contributed by atoms with van der Waals surface area (Å²) < 4.78 is 39.5. The van der Waals surface area contributed by atoms with Gasteiger partial charge in [-0.25, -0.2) is 14.6 Å². The van der Waals surface area contributed by atoms with Crippen LogP contribution in [0.5, 0.6) is 0 Å². The molecule has 13 N–H and O–H groups in total. The zero-order chi connectivity index (χ0) is 81.6. The van der Waals surface area contributed by atoms with Crippen molar-refractivity contribution < 1.29 is 90.2 Å². The molecule has 0 bridgehead atoms. The topological polar surface area (TPSA) is 481 Å². The molecule has 35 heteroatoms. The summed E-state index contributed by atoms with van der Waals surface area (Å²) in [6.07, 6.45) is 3.54. The molecule has 6 atom stereocenters. The Morgan fingerprint density at radius 3 is 2.03 bits per heavy atom. The van der Waals surface area contributed by atoms with E-state index in [0.717, 1.165) is 45.2 Å². The van der Waals surface area contributed by atoms with Gasteiger partial charge in [0.25, 0.3) is 27.8 Å². The third kappa shape index (κ3) is 22.7. The van der Waals surface area contributed by atoms with Gasteiger partial charge < -0.3 is 73.0 Å². The highest BCUT2D eigenvalue weighted by atomic mass is 32.2. The number of azo groups is 1. The lowest BCUT2D eigenvalue weighted by Gasteiger charge is -2.43. The predicted molar refractivity (Wildman–Crippen MR) is 415 cm³/mol. The fourth-order valence-corrected chi connectivity index (χ4v) is 14.3. The van der Waals surface area contributed by atoms with E-state index in [2.05, 4.69) is 69.5 Å². The average molecular weight is 1580 g/mol. The molecule has 11 amide bonds. The average Bonchev–Trinajstić information content (AvgIpc) is 1.57. The second-order valence-electron chi connectivity index (χ2n) is 27.6. The monoisotopic (exact) mass is 1580 g/mol. The van der Waals surface area contributed by atoms with Crippen LogP contribution in [0.2, 0.25) is 0 Å². The molecule has 2 saturated heterocycles. The Balaban J connectivity index is 0.669. The number of rotatable bonds is 36. The molecule has 114 heavy (non-hydrogen) atoms. The molecule has 2 aliphatic heterocycles. The van der Waals surface area contributed by atoms with Gasteiger partial charge in [0.1, 0.15) is 41.7 Å². The first-order valence-electron chi connectivity index (χ1n) is 37.1. The Hall–Kier alpha value is -12.9. The van der Waals surface area contributed by atoms with Crippen LogP contribution >= 0.6 is 0 Å². The number of carboxylic acid groups (broad SMARTS) is 2. The molecule has 2 heterocycles. The Morgan fingerprint density at radius 1 is 0.640 bits per heavy atom. The highest BCUT2D eigenvalue weighted by Gasteiger charge is 2.46. The molecule has 0 saturated carbocycles. The summed E-state index contributed by atoms with van der Waals surface area (Å²) in [5.41, 5.74) is 7.87. The standard InChI is InChI=1S/C79H89N15O19S/c1-92(2)52-32-30-51(31-33-52)91-90-50-28-26-48(27-29-50)72(101)82-38-8-7-18-63(78(107)108)86-69(97)45-85-75(104)64(42-71(99)100)88-76(105)65-20-11-41-93-70(98)37-35-62(77(106)94(65)93)87-73(102)49-24-22-47(23-25-49)43-83-68(96)44-84-74(103)61(89-79(109)113-46-59-55-14-5-3-12-53(55)54-13-4-6-15-56(54)59)34-36-67(95)81-40-39-80-60-19-9-17-58-57(60)16-10-21-66(58)114(110,111)112/h3,5-6,9-10,12,14-17,19,21-33,59,61-65,80H,4,7-8,11,13,18,20,34-46H2,1-2H3,(H,81,95)(H,82,101)(H,83,96)(H,84,103)(H,85,104)(H,86,97)(H,87,102)(H,88,105)(H,89,109)(H,99,100)(H,107,108)(H,110,111,112)/b91-90+/t59?,61-,62-,63-,64-,65-/m0/s1. The number of hydrazine groups is 1. The van der Waals surface area contributed by atoms with Crippen LogP contribution in [-0.4, -0.2) is 200 Å². The van der Waals surface area contributed by atoms with Crippen LogP contribution in [0.15, 0.2) is 166 Å². The lowest BCUT2D eigenvalue weighted by atomic mass is 9.93. The van der Waals surface area contributed by atoms with Gasteiger partial charge in [-0.15, -0.1) is 0 Å². The minimum absolute atomic E-state index is 0.00434. The molecule has 2 fully saturated rings. The van der Waals surface area contributed by atoms with Crippen molar-refractivity contribution in [1.82, 2.24) is 57.9 Å². The lowest BCUT2D eigenvalue weighted by Crippen LogP contribution is -2.65. The number of carbonyl (C=O) groups is 13. The molecule has 0 radical (unpaired) electrons. The summed E-state index contributed by atoms with van der Waals surface area (Å²) in [5, 5.41) is 56.7. The van der Waals surface area contributed by atoms with Crippen molar-refractivity contribution in [3.63, 3.8) is 0 Å². The van der Waals surface area contributed by atoms with Crippen LogP contribution in [0.1, 0.15) is 120 Å². The van der Waals surface area contributed by atoms with Crippen LogP contribution in [0, 0.1) is 0 Å². The van der Waals surface area contributed by atoms with Crippen LogP contribution < -0.4 is 58.1 Å². The van der Waals surface area contributed by atoms with Gasteiger partial charge in [-0.05, 0) is 158 Å². The van der Waals surface area contributed by atoms with Crippen molar-refractivity contribution in [2.45, 2.75) is 125 Å². The number of hydrogen-bond donors (Lipinski definition) is 13. The number of amides is 11. The van der Waals surface area contributed by atoms with Crippen molar-refractivity contribution in [3.8, 4) is 0 Å². The van der Waals surface area contributed by atoms with Crippen LogP contribution in [0.25, 0.3) is 16.3 Å². The lowest BCUT2D eigenvalue weighted by molar-refractivity contribution is -0.176. The molecule has 600 valence electrons. The minimum Gasteiger partial charge on any atom is -0.481 e. The number of carbonyl (C=O) groups excluding carboxylic acids is 11. The zero-order valence-electron chi connectivity index (χ0n) is 62.5. The van der Waals surface area contributed by atoms with Crippen molar-refractivity contribution in [2.24, 2.45) is 10.2 Å². The number of benzene rings is 6. The summed E-state index contributed by atoms with van der Waals surface area (Å²) in [6, 6.07) is 29.4. The highest BCUT2D eigenvalue weighted by molar-refractivity contribution is 7.86. The van der Waals surface area contributed by atoms with Gasteiger partial charge in [0.2, 0.25) is 41.4 Å². The van der Waals surface area contributed by atoms with Crippen molar-refractivity contribution >= 4 is 126 Å². The smallest absolute Gasteiger partial charge is 0.407 e. The van der Waals surface area contributed by atoms with Gasteiger partial charge in [-0.3, -0.25) is 62.3 Å². The Bertz CT molecular complexity index is 4840. The van der Waals surface area contributed by atoms with Gasteiger partial charge in [0.05, 0.1) is 30.9 Å². The first kappa shape index (κ1) is 83.5. The van der Waals surface area contributed by atoms with Crippen LogP contribution in [0.3, 0.4) is 0 Å². The first-order valence-corrected chi connectivity index (χ1v) is 38.5. The molecule has 0 aromatic heterocycles. The van der Waals surface area contributed by atoms with Crippen molar-refractivity contribution in [2.75, 3.05) is 70.2 Å². The maximum atomic E-state index is 14.4. The Kier molecular flexibility index (Phi) is 28.8. The molecular weight excluding hydrogens is 1500 g/mol. The number of carboxylic acids is 2. The van der Waals surface area contributed by atoms with Gasteiger partial charge in [0, 0.05) is 98.9 Å². The Labute approximate surface area is 655 Å². The molecule has 0 spiro atoms. The number of alkyl carbamates (subject to hydrolysis) is 1. The summed E-state index contributed by atoms with van der Waals surface area (Å²) >= 11 is 0. The van der Waals surface area contributed by atoms with E-state index in [-0.39, 0.29) is 118 Å². The minimum atomic E-state index is -4.52. The van der Waals surface area contributed by atoms with Gasteiger partial charge in [-0.2, -0.15) is 18.6 Å². The van der Waals surface area contributed by atoms with Crippen molar-refractivity contribution in [3.05, 3.63) is 179 Å². The SMILES string of the molecule is CN(C)c1ccc(/N=N/c2ccc(C(=O)NCCCC[C@H](NC(=O)CNC(=O)[C@H](CC(=O)O)NC(=O)[C@@H]3CCCN4C(=O)CC[C@H](NC(=O)c5ccc(CNC(=O)CNC(=O)[C@H](CCC(=O)NCCNc6cccc7c(S(=O)(=O)O)cccc67)NC(=O)OCC6C7=C(CCC=C7)c7ccccc76)cc5)C(=O)N34)C(=O)O)cc2)cc1. The normalized spacial score (nSPS) is 16.5. The number of fused-ring (bicyclic) bond motifs is 4. The summed E-state index contributed by atoms with van der Waals surface area (Å²) in [5.74, 6) is -10.9. The summed E-state index contributed by atoms with van der Waals surface area (Å²) in [4.78, 5) is 175. The largest absolute Gasteiger partial charge is 0.481 e. The summed E-state index contributed by atoms with van der Waals surface area (Å²) in [6.45, 7) is -1.13. The fraction of sp³-hybridized carbons (Fsp3) is 0.354. The molecule has 6 aromatic rings.